The van der Waals surface area contributed by atoms with Gasteiger partial charge in [-0.2, -0.15) is 13.2 Å². The Morgan fingerprint density at radius 2 is 1.85 bits per heavy atom. The van der Waals surface area contributed by atoms with Crippen molar-refractivity contribution in [2.75, 3.05) is 0 Å². The molecule has 2 aromatic rings. The number of hydrogen-bond donors (Lipinski definition) is 0. The molecule has 0 fully saturated rings. The fraction of sp³-hybridized carbons (Fsp3) is 0.214. The quantitative estimate of drug-likeness (QED) is 0.808. The molecule has 0 aliphatic carbocycles. The first-order valence-corrected chi connectivity index (χ1v) is 5.82. The zero-order valence-electron chi connectivity index (χ0n) is 10.6. The molecule has 0 bridgehead atoms. The minimum atomic E-state index is -4.36. The Morgan fingerprint density at radius 3 is 2.35 bits per heavy atom. The van der Waals surface area contributed by atoms with Crippen molar-refractivity contribution in [1.82, 2.24) is 4.57 Å². The van der Waals surface area contributed by atoms with Gasteiger partial charge in [0, 0.05) is 13.2 Å². The molecule has 0 unspecified atom stereocenters. The third-order valence-electron chi connectivity index (χ3n) is 2.80. The average molecular weight is 283 g/mol. The molecule has 1 aromatic carbocycles. The molecule has 0 saturated heterocycles. The number of nitrogens with zero attached hydrogens (tertiary/aromatic N) is 1. The molecule has 2 rings (SSSR count). The fourth-order valence-corrected chi connectivity index (χ4v) is 1.69. The first-order valence-electron chi connectivity index (χ1n) is 5.82. The number of benzene rings is 1. The molecule has 0 saturated carbocycles. The number of aromatic nitrogens is 1. The summed E-state index contributed by atoms with van der Waals surface area (Å²) >= 11 is 0. The van der Waals surface area contributed by atoms with Crippen LogP contribution in [0.3, 0.4) is 0 Å². The van der Waals surface area contributed by atoms with E-state index in [1.807, 2.05) is 0 Å². The maximum absolute atomic E-state index is 12.4. The smallest absolute Gasteiger partial charge is 0.416 e. The Kier molecular flexibility index (Phi) is 3.83. The summed E-state index contributed by atoms with van der Waals surface area (Å²) in [5.74, 6) is -0.516. The number of aryl methyl sites for hydroxylation is 1. The summed E-state index contributed by atoms with van der Waals surface area (Å²) in [6.07, 6.45) is -2.66. The summed E-state index contributed by atoms with van der Waals surface area (Å²) in [6, 6.07) is 7.82. The van der Waals surface area contributed by atoms with E-state index in [2.05, 4.69) is 0 Å². The lowest BCUT2D eigenvalue weighted by atomic mass is 10.1. The van der Waals surface area contributed by atoms with Gasteiger partial charge in [-0.15, -0.1) is 0 Å². The highest BCUT2D eigenvalue weighted by Gasteiger charge is 2.29. The molecule has 0 N–H and O–H groups in total. The monoisotopic (exact) mass is 283 g/mol. The van der Waals surface area contributed by atoms with Gasteiger partial charge in [-0.1, -0.05) is 12.1 Å². The summed E-state index contributed by atoms with van der Waals surface area (Å²) in [7, 11) is 1.70. The minimum absolute atomic E-state index is 0.0673. The van der Waals surface area contributed by atoms with Crippen molar-refractivity contribution in [1.29, 1.82) is 0 Å². The highest BCUT2D eigenvalue weighted by Crippen LogP contribution is 2.29. The van der Waals surface area contributed by atoms with Crippen molar-refractivity contribution in [2.45, 2.75) is 12.8 Å². The zero-order valence-corrected chi connectivity index (χ0v) is 10.6. The van der Waals surface area contributed by atoms with Crippen molar-refractivity contribution >= 4 is 5.97 Å². The third-order valence-corrected chi connectivity index (χ3v) is 2.80. The predicted molar refractivity (Wildman–Crippen MR) is 66.0 cm³/mol. The number of ether oxygens (including phenoxy) is 1. The van der Waals surface area contributed by atoms with Crippen molar-refractivity contribution in [2.24, 2.45) is 7.05 Å². The van der Waals surface area contributed by atoms with Crippen LogP contribution in [0.5, 0.6) is 0 Å². The van der Waals surface area contributed by atoms with Gasteiger partial charge in [0.2, 0.25) is 0 Å². The Hall–Kier alpha value is -2.24. The van der Waals surface area contributed by atoms with Crippen LogP contribution < -0.4 is 0 Å². The average Bonchev–Trinajstić information content (AvgIpc) is 2.82. The molecule has 0 spiro atoms. The van der Waals surface area contributed by atoms with Crippen LogP contribution in [-0.4, -0.2) is 10.5 Å². The van der Waals surface area contributed by atoms with Gasteiger partial charge in [0.15, 0.2) is 0 Å². The van der Waals surface area contributed by atoms with E-state index in [4.69, 9.17) is 4.74 Å². The SMILES string of the molecule is Cn1cccc1C(=O)OCc1ccc(C(F)(F)F)cc1. The third kappa shape index (κ3) is 3.20. The van der Waals surface area contributed by atoms with Crippen LogP contribution in [0.25, 0.3) is 0 Å². The number of halogens is 3. The van der Waals surface area contributed by atoms with E-state index >= 15 is 0 Å². The van der Waals surface area contributed by atoms with Crippen LogP contribution in [0.15, 0.2) is 42.6 Å². The molecule has 1 heterocycles. The molecule has 0 aliphatic heterocycles. The van der Waals surface area contributed by atoms with Crippen LogP contribution in [-0.2, 0) is 24.6 Å². The predicted octanol–water partition coefficient (Wildman–Crippen LogP) is 3.40. The summed E-state index contributed by atoms with van der Waals surface area (Å²) in [5.41, 5.74) is 0.160. The molecule has 20 heavy (non-hydrogen) atoms. The lowest BCUT2D eigenvalue weighted by molar-refractivity contribution is -0.137. The summed E-state index contributed by atoms with van der Waals surface area (Å²) in [6.45, 7) is -0.0673. The molecule has 1 aromatic heterocycles. The molecule has 6 heteroatoms. The molecular weight excluding hydrogens is 271 g/mol. The van der Waals surface area contributed by atoms with Crippen molar-refractivity contribution in [3.8, 4) is 0 Å². The highest BCUT2D eigenvalue weighted by atomic mass is 19.4. The minimum Gasteiger partial charge on any atom is -0.456 e. The Labute approximate surface area is 113 Å². The van der Waals surface area contributed by atoms with Gasteiger partial charge in [-0.25, -0.2) is 4.79 Å². The van der Waals surface area contributed by atoms with Gasteiger partial charge in [-0.3, -0.25) is 0 Å². The molecule has 106 valence electrons. The van der Waals surface area contributed by atoms with Gasteiger partial charge >= 0.3 is 12.1 Å². The van der Waals surface area contributed by atoms with E-state index in [1.165, 1.54) is 12.1 Å². The van der Waals surface area contributed by atoms with Crippen LogP contribution in [0.2, 0.25) is 0 Å². The van der Waals surface area contributed by atoms with E-state index < -0.39 is 17.7 Å². The first-order chi connectivity index (χ1) is 9.38. The van der Waals surface area contributed by atoms with Crippen molar-refractivity contribution in [3.05, 3.63) is 59.4 Å². The number of alkyl halides is 3. The Bertz CT molecular complexity index is 600. The van der Waals surface area contributed by atoms with Gasteiger partial charge in [0.05, 0.1) is 5.56 Å². The molecule has 0 radical (unpaired) electrons. The number of rotatable bonds is 3. The molecule has 0 amide bonds. The lowest BCUT2D eigenvalue weighted by Crippen LogP contribution is -2.10. The number of carbonyl (C=O) groups is 1. The van der Waals surface area contributed by atoms with E-state index in [0.717, 1.165) is 12.1 Å². The summed E-state index contributed by atoms with van der Waals surface area (Å²) in [4.78, 5) is 11.7. The van der Waals surface area contributed by atoms with E-state index in [9.17, 15) is 18.0 Å². The highest BCUT2D eigenvalue weighted by molar-refractivity contribution is 5.87. The largest absolute Gasteiger partial charge is 0.456 e. The van der Waals surface area contributed by atoms with E-state index in [0.29, 0.717) is 11.3 Å². The normalized spacial score (nSPS) is 11.4. The van der Waals surface area contributed by atoms with Crippen LogP contribution in [0.1, 0.15) is 21.6 Å². The molecule has 3 nitrogen and oxygen atoms in total. The fourth-order valence-electron chi connectivity index (χ4n) is 1.69. The topological polar surface area (TPSA) is 31.2 Å². The standard InChI is InChI=1S/C14H12F3NO2/c1-18-8-2-3-12(18)13(19)20-9-10-4-6-11(7-5-10)14(15,16)17/h2-8H,9H2,1H3. The molecule has 0 aliphatic rings. The van der Waals surface area contributed by atoms with Crippen molar-refractivity contribution in [3.63, 3.8) is 0 Å². The maximum atomic E-state index is 12.4. The van der Waals surface area contributed by atoms with E-state index in [-0.39, 0.29) is 6.61 Å². The van der Waals surface area contributed by atoms with Gasteiger partial charge < -0.3 is 9.30 Å². The summed E-state index contributed by atoms with van der Waals surface area (Å²) in [5, 5.41) is 0. The van der Waals surface area contributed by atoms with E-state index in [1.54, 1.807) is 29.9 Å². The maximum Gasteiger partial charge on any atom is 0.416 e. The van der Waals surface area contributed by atoms with Crippen molar-refractivity contribution < 1.29 is 22.7 Å². The second-order valence-electron chi connectivity index (χ2n) is 4.28. The van der Waals surface area contributed by atoms with Crippen LogP contribution in [0.4, 0.5) is 13.2 Å². The summed E-state index contributed by atoms with van der Waals surface area (Å²) < 4.78 is 43.8. The second kappa shape index (κ2) is 5.40. The van der Waals surface area contributed by atoms with Crippen LogP contribution >= 0.6 is 0 Å². The lowest BCUT2D eigenvalue weighted by Gasteiger charge is -2.08. The Morgan fingerprint density at radius 1 is 1.20 bits per heavy atom. The number of carbonyl (C=O) groups excluding carboxylic acids is 1. The molecular formula is C14H12F3NO2. The van der Waals surface area contributed by atoms with Crippen LogP contribution in [0, 0.1) is 0 Å². The molecule has 0 atom stereocenters. The Balaban J connectivity index is 1.98. The number of esters is 1. The van der Waals surface area contributed by atoms with Gasteiger partial charge in [0.25, 0.3) is 0 Å². The first kappa shape index (κ1) is 14.2. The zero-order chi connectivity index (χ0) is 14.8. The second-order valence-corrected chi connectivity index (χ2v) is 4.28. The van der Waals surface area contributed by atoms with Gasteiger partial charge in [-0.05, 0) is 29.8 Å². The number of hydrogen-bond acceptors (Lipinski definition) is 2. The van der Waals surface area contributed by atoms with Gasteiger partial charge in [0.1, 0.15) is 12.3 Å².